The van der Waals surface area contributed by atoms with Crippen LogP contribution in [0.5, 0.6) is 5.75 Å². The Bertz CT molecular complexity index is 1220. The number of nitrogens with one attached hydrogen (secondary N) is 3. The molecule has 11 heteroatoms. The second-order valence-electron chi connectivity index (χ2n) is 11.7. The van der Waals surface area contributed by atoms with Gasteiger partial charge in [-0.3, -0.25) is 4.79 Å². The number of aromatic hydroxyl groups is 1. The molecule has 2 atom stereocenters. The normalized spacial score (nSPS) is 12.4. The van der Waals surface area contributed by atoms with Gasteiger partial charge in [0.15, 0.2) is 0 Å². The molecule has 3 amide bonds. The van der Waals surface area contributed by atoms with Crippen LogP contribution in [-0.2, 0) is 36.8 Å². The maximum Gasteiger partial charge on any atom is 0.408 e. The molecule has 0 aliphatic heterocycles. The molecule has 0 unspecified atom stereocenters. The molecule has 0 heterocycles. The van der Waals surface area contributed by atoms with Crippen molar-refractivity contribution in [3.63, 3.8) is 0 Å². The average Bonchev–Trinajstić information content (AvgIpc) is 2.94. The number of ether oxygens (including phenoxy) is 3. The quantitative estimate of drug-likeness (QED) is 0.125. The van der Waals surface area contributed by atoms with Crippen LogP contribution in [-0.4, -0.2) is 60.0 Å². The zero-order chi connectivity index (χ0) is 32.7. The number of alkyl carbamates (subject to hydrolysis) is 2. The number of phenolic OH excluding ortho intramolecular Hbond substituents is 1. The van der Waals surface area contributed by atoms with Gasteiger partial charge < -0.3 is 35.3 Å². The minimum Gasteiger partial charge on any atom is -0.508 e. The van der Waals surface area contributed by atoms with E-state index in [-0.39, 0.29) is 38.3 Å². The van der Waals surface area contributed by atoms with E-state index in [4.69, 9.17) is 14.2 Å². The van der Waals surface area contributed by atoms with E-state index in [1.807, 2.05) is 51.1 Å². The number of hydrogen-bond acceptors (Lipinski definition) is 8. The Kier molecular flexibility index (Phi) is 14.5. The second kappa shape index (κ2) is 17.7. The summed E-state index contributed by atoms with van der Waals surface area (Å²) >= 11 is 0. The first kappa shape index (κ1) is 35.9. The van der Waals surface area contributed by atoms with Crippen LogP contribution in [0.2, 0.25) is 0 Å². The standard InChI is InChI=1S/C33H47N3O8/c1-7-8-17-42-30(39)28(20-26-22(2)18-25(37)19-23(26)3)35-29(38)27(15-12-16-34-31(40)44-33(4,5)6)36-32(41)43-21-24-13-10-9-11-14-24/h9-11,13-14,18-19,27-28,37H,7-8,12,15-17,20-21H2,1-6H3,(H,34,40)(H,35,38)(H,36,41)/t27-,28+/m1/s1. The molecule has 0 fully saturated rings. The van der Waals surface area contributed by atoms with Crippen molar-refractivity contribution in [3.05, 3.63) is 64.7 Å². The number of unbranched alkanes of at least 4 members (excludes halogenated alkanes) is 1. The number of aryl methyl sites for hydroxylation is 2. The van der Waals surface area contributed by atoms with Crippen molar-refractivity contribution in [3.8, 4) is 5.75 Å². The highest BCUT2D eigenvalue weighted by atomic mass is 16.6. The van der Waals surface area contributed by atoms with Gasteiger partial charge in [-0.25, -0.2) is 14.4 Å². The summed E-state index contributed by atoms with van der Waals surface area (Å²) in [7, 11) is 0. The molecule has 0 aliphatic carbocycles. The summed E-state index contributed by atoms with van der Waals surface area (Å²) in [4.78, 5) is 51.5. The molecule has 0 saturated carbocycles. The third-order valence-corrected chi connectivity index (χ3v) is 6.59. The molecule has 44 heavy (non-hydrogen) atoms. The van der Waals surface area contributed by atoms with Crippen LogP contribution < -0.4 is 16.0 Å². The van der Waals surface area contributed by atoms with Gasteiger partial charge in [-0.05, 0) is 88.3 Å². The lowest BCUT2D eigenvalue weighted by Gasteiger charge is -2.24. The number of phenols is 1. The highest BCUT2D eigenvalue weighted by molar-refractivity contribution is 5.89. The Hall–Kier alpha value is -4.28. The predicted molar refractivity (Wildman–Crippen MR) is 166 cm³/mol. The summed E-state index contributed by atoms with van der Waals surface area (Å²) in [6.45, 7) is 11.3. The number of esters is 1. The van der Waals surface area contributed by atoms with Gasteiger partial charge in [-0.15, -0.1) is 0 Å². The van der Waals surface area contributed by atoms with Crippen molar-refractivity contribution in [1.29, 1.82) is 0 Å². The fourth-order valence-corrected chi connectivity index (χ4v) is 4.37. The van der Waals surface area contributed by atoms with Crippen molar-refractivity contribution < 1.29 is 38.5 Å². The van der Waals surface area contributed by atoms with Crippen molar-refractivity contribution >= 4 is 24.1 Å². The smallest absolute Gasteiger partial charge is 0.408 e. The fraction of sp³-hybridized carbons (Fsp3) is 0.515. The zero-order valence-electron chi connectivity index (χ0n) is 26.7. The minimum absolute atomic E-state index is 0.00694. The van der Waals surface area contributed by atoms with Gasteiger partial charge in [0.2, 0.25) is 5.91 Å². The SMILES string of the molecule is CCCCOC(=O)[C@H](Cc1c(C)cc(O)cc1C)NC(=O)[C@@H](CCCNC(=O)OC(C)(C)C)NC(=O)OCc1ccccc1. The van der Waals surface area contributed by atoms with Crippen molar-refractivity contribution in [2.75, 3.05) is 13.2 Å². The van der Waals surface area contributed by atoms with Crippen molar-refractivity contribution in [2.24, 2.45) is 0 Å². The van der Waals surface area contributed by atoms with E-state index in [0.717, 1.165) is 28.7 Å². The molecule has 11 nitrogen and oxygen atoms in total. The van der Waals surface area contributed by atoms with Gasteiger partial charge in [-0.1, -0.05) is 43.7 Å². The van der Waals surface area contributed by atoms with Crippen molar-refractivity contribution in [1.82, 2.24) is 16.0 Å². The molecule has 2 rings (SSSR count). The Morgan fingerprint density at radius 3 is 2.16 bits per heavy atom. The van der Waals surface area contributed by atoms with Crippen LogP contribution in [0.1, 0.15) is 75.6 Å². The first-order valence-corrected chi connectivity index (χ1v) is 15.0. The highest BCUT2D eigenvalue weighted by Crippen LogP contribution is 2.22. The number of carbonyl (C=O) groups is 4. The molecule has 4 N–H and O–H groups in total. The molecule has 0 aliphatic rings. The number of rotatable bonds is 15. The van der Waals surface area contributed by atoms with E-state index in [1.54, 1.807) is 32.9 Å². The summed E-state index contributed by atoms with van der Waals surface area (Å²) < 4.78 is 16.0. The molecule has 0 bridgehead atoms. The Morgan fingerprint density at radius 1 is 0.886 bits per heavy atom. The van der Waals surface area contributed by atoms with Gasteiger partial charge in [0, 0.05) is 13.0 Å². The molecule has 0 spiro atoms. The monoisotopic (exact) mass is 613 g/mol. The molecule has 0 saturated heterocycles. The van der Waals surface area contributed by atoms with E-state index in [0.29, 0.717) is 12.8 Å². The first-order chi connectivity index (χ1) is 20.8. The maximum absolute atomic E-state index is 13.6. The Labute approximate surface area is 260 Å². The first-order valence-electron chi connectivity index (χ1n) is 15.0. The lowest BCUT2D eigenvalue weighted by molar-refractivity contribution is -0.148. The van der Waals surface area contributed by atoms with Crippen LogP contribution in [0.25, 0.3) is 0 Å². The molecular formula is C33H47N3O8. The molecular weight excluding hydrogens is 566 g/mol. The van der Waals surface area contributed by atoms with E-state index in [9.17, 15) is 24.3 Å². The summed E-state index contributed by atoms with van der Waals surface area (Å²) in [6.07, 6.45) is 0.681. The van der Waals surface area contributed by atoms with E-state index >= 15 is 0 Å². The molecule has 0 aromatic heterocycles. The Morgan fingerprint density at radius 2 is 1.55 bits per heavy atom. The maximum atomic E-state index is 13.6. The number of hydrogen-bond donors (Lipinski definition) is 4. The minimum atomic E-state index is -1.08. The van der Waals surface area contributed by atoms with Crippen LogP contribution in [0.3, 0.4) is 0 Å². The average molecular weight is 614 g/mol. The molecule has 2 aromatic rings. The van der Waals surface area contributed by atoms with Crippen LogP contribution >= 0.6 is 0 Å². The third-order valence-electron chi connectivity index (χ3n) is 6.59. The van der Waals surface area contributed by atoms with Gasteiger partial charge >= 0.3 is 18.2 Å². The van der Waals surface area contributed by atoms with Crippen LogP contribution in [0.4, 0.5) is 9.59 Å². The third kappa shape index (κ3) is 13.4. The topological polar surface area (TPSA) is 152 Å². The summed E-state index contributed by atoms with van der Waals surface area (Å²) in [5.41, 5.74) is 2.42. The second-order valence-corrected chi connectivity index (χ2v) is 11.7. The van der Waals surface area contributed by atoms with Crippen LogP contribution in [0, 0.1) is 13.8 Å². The number of benzene rings is 2. The highest BCUT2D eigenvalue weighted by Gasteiger charge is 2.29. The predicted octanol–water partition coefficient (Wildman–Crippen LogP) is 4.98. The van der Waals surface area contributed by atoms with E-state index < -0.39 is 41.7 Å². The molecule has 0 radical (unpaired) electrons. The van der Waals surface area contributed by atoms with Crippen LogP contribution in [0.15, 0.2) is 42.5 Å². The number of amides is 3. The summed E-state index contributed by atoms with van der Waals surface area (Å²) in [5, 5.41) is 18.0. The molecule has 242 valence electrons. The summed E-state index contributed by atoms with van der Waals surface area (Å²) in [6, 6.07) is 10.2. The van der Waals surface area contributed by atoms with Gasteiger partial charge in [-0.2, -0.15) is 0 Å². The Balaban J connectivity index is 2.18. The largest absolute Gasteiger partial charge is 0.508 e. The van der Waals surface area contributed by atoms with Crippen molar-refractivity contribution in [2.45, 2.75) is 97.9 Å². The molecule has 2 aromatic carbocycles. The van der Waals surface area contributed by atoms with Gasteiger partial charge in [0.05, 0.1) is 6.61 Å². The fourth-order valence-electron chi connectivity index (χ4n) is 4.37. The van der Waals surface area contributed by atoms with Gasteiger partial charge in [0.1, 0.15) is 30.0 Å². The lowest BCUT2D eigenvalue weighted by atomic mass is 9.95. The zero-order valence-corrected chi connectivity index (χ0v) is 26.7. The number of carbonyl (C=O) groups excluding carboxylic acids is 4. The van der Waals surface area contributed by atoms with E-state index in [1.165, 1.54) is 0 Å². The van der Waals surface area contributed by atoms with Gasteiger partial charge in [0.25, 0.3) is 0 Å². The summed E-state index contributed by atoms with van der Waals surface area (Å²) in [5.74, 6) is -1.10. The lowest BCUT2D eigenvalue weighted by Crippen LogP contribution is -2.53. The van der Waals surface area contributed by atoms with E-state index in [2.05, 4.69) is 16.0 Å².